The highest BCUT2D eigenvalue weighted by Gasteiger charge is 2.20. The smallest absolute Gasteiger partial charge is 0.160 e. The summed E-state index contributed by atoms with van der Waals surface area (Å²) < 4.78 is 5.24. The van der Waals surface area contributed by atoms with Crippen molar-refractivity contribution in [3.05, 3.63) is 65.6 Å². The lowest BCUT2D eigenvalue weighted by Gasteiger charge is -2.24. The number of nitrogens with one attached hydrogen (secondary N) is 2. The van der Waals surface area contributed by atoms with Gasteiger partial charge in [0.2, 0.25) is 0 Å². The summed E-state index contributed by atoms with van der Waals surface area (Å²) >= 11 is 0. The average molecular weight is 351 g/mol. The van der Waals surface area contributed by atoms with Crippen LogP contribution in [0.25, 0.3) is 11.6 Å². The van der Waals surface area contributed by atoms with Crippen molar-refractivity contribution >= 4 is 11.6 Å². The van der Waals surface area contributed by atoms with Crippen LogP contribution in [0.15, 0.2) is 48.8 Å². The molecule has 1 atom stereocenters. The van der Waals surface area contributed by atoms with Gasteiger partial charge in [-0.2, -0.15) is 5.10 Å². The average Bonchev–Trinajstić information content (AvgIpc) is 3.15. The minimum atomic E-state index is 0.0270. The number of allylic oxidation sites excluding steroid dienone is 2. The Bertz CT molecular complexity index is 849. The van der Waals surface area contributed by atoms with Crippen molar-refractivity contribution in [1.82, 2.24) is 15.5 Å². The van der Waals surface area contributed by atoms with E-state index in [9.17, 15) is 5.11 Å². The summed E-state index contributed by atoms with van der Waals surface area (Å²) in [7, 11) is 1.56. The molecular formula is C21H25N3O2. The van der Waals surface area contributed by atoms with Gasteiger partial charge < -0.3 is 15.2 Å². The Kier molecular flexibility index (Phi) is 5.46. The topological polar surface area (TPSA) is 70.2 Å². The molecule has 0 bridgehead atoms. The molecule has 26 heavy (non-hydrogen) atoms. The van der Waals surface area contributed by atoms with Gasteiger partial charge in [-0.25, -0.2) is 0 Å². The summed E-state index contributed by atoms with van der Waals surface area (Å²) in [6, 6.07) is 5.47. The number of benzene rings is 1. The molecule has 0 amide bonds. The molecule has 0 saturated heterocycles. The zero-order valence-electron chi connectivity index (χ0n) is 15.2. The van der Waals surface area contributed by atoms with Crippen LogP contribution < -0.4 is 10.1 Å². The van der Waals surface area contributed by atoms with Crippen LogP contribution in [0.5, 0.6) is 11.5 Å². The number of aromatic hydroxyl groups is 1. The van der Waals surface area contributed by atoms with Gasteiger partial charge in [0.05, 0.1) is 25.0 Å². The van der Waals surface area contributed by atoms with E-state index in [0.29, 0.717) is 5.75 Å². The lowest BCUT2D eigenvalue weighted by atomic mass is 9.89. The minimum absolute atomic E-state index is 0.0270. The van der Waals surface area contributed by atoms with E-state index in [-0.39, 0.29) is 11.8 Å². The number of aromatic amines is 1. The Morgan fingerprint density at radius 2 is 2.23 bits per heavy atom. The molecule has 1 aliphatic heterocycles. The predicted octanol–water partition coefficient (Wildman–Crippen LogP) is 4.57. The maximum atomic E-state index is 9.83. The second-order valence-electron chi connectivity index (χ2n) is 6.33. The fourth-order valence-electron chi connectivity index (χ4n) is 3.19. The molecule has 1 aliphatic rings. The minimum Gasteiger partial charge on any atom is -0.504 e. The monoisotopic (exact) mass is 351 g/mol. The Hall–Kier alpha value is -2.95. The first-order valence-corrected chi connectivity index (χ1v) is 8.88. The zero-order valence-corrected chi connectivity index (χ0v) is 15.2. The molecule has 0 aliphatic carbocycles. The predicted molar refractivity (Wildman–Crippen MR) is 105 cm³/mol. The van der Waals surface area contributed by atoms with E-state index in [1.165, 1.54) is 5.57 Å². The first-order chi connectivity index (χ1) is 12.7. The summed E-state index contributed by atoms with van der Waals surface area (Å²) in [5, 5.41) is 20.4. The lowest BCUT2D eigenvalue weighted by molar-refractivity contribution is 0.372. The Morgan fingerprint density at radius 3 is 2.96 bits per heavy atom. The van der Waals surface area contributed by atoms with Crippen LogP contribution in [0.3, 0.4) is 0 Å². The van der Waals surface area contributed by atoms with Crippen LogP contribution in [0.1, 0.15) is 49.0 Å². The lowest BCUT2D eigenvalue weighted by Crippen LogP contribution is -2.19. The molecule has 2 heterocycles. The molecule has 0 fully saturated rings. The Balaban J connectivity index is 1.95. The van der Waals surface area contributed by atoms with E-state index >= 15 is 0 Å². The van der Waals surface area contributed by atoms with Crippen molar-refractivity contribution in [2.45, 2.75) is 32.2 Å². The van der Waals surface area contributed by atoms with Crippen molar-refractivity contribution in [2.75, 3.05) is 7.11 Å². The summed E-state index contributed by atoms with van der Waals surface area (Å²) in [6.07, 6.45) is 11.2. The summed E-state index contributed by atoms with van der Waals surface area (Å²) in [4.78, 5) is 0. The van der Waals surface area contributed by atoms with Gasteiger partial charge in [0.15, 0.2) is 11.5 Å². The molecular weight excluding hydrogens is 326 g/mol. The number of ether oxygens (including phenoxy) is 1. The SMILES string of the molecule is C=Cc1[nH]ncc1C1=CNC(c2ccc(O)c(OC)c2)C=C1CCCC. The van der Waals surface area contributed by atoms with E-state index in [1.807, 2.05) is 24.5 Å². The molecule has 0 spiro atoms. The molecule has 5 nitrogen and oxygen atoms in total. The van der Waals surface area contributed by atoms with Crippen LogP contribution in [0, 0.1) is 0 Å². The maximum absolute atomic E-state index is 9.83. The molecule has 3 rings (SSSR count). The highest BCUT2D eigenvalue weighted by Crippen LogP contribution is 2.36. The normalized spacial score (nSPS) is 16.5. The number of unbranched alkanes of at least 4 members (excludes halogenated alkanes) is 1. The fourth-order valence-corrected chi connectivity index (χ4v) is 3.19. The Morgan fingerprint density at radius 1 is 1.38 bits per heavy atom. The van der Waals surface area contributed by atoms with Gasteiger partial charge in [-0.1, -0.05) is 32.1 Å². The summed E-state index contributed by atoms with van der Waals surface area (Å²) in [6.45, 7) is 6.05. The molecule has 0 saturated carbocycles. The van der Waals surface area contributed by atoms with E-state index in [0.717, 1.165) is 41.7 Å². The van der Waals surface area contributed by atoms with Gasteiger partial charge in [0.1, 0.15) is 0 Å². The van der Waals surface area contributed by atoms with Crippen molar-refractivity contribution in [3.63, 3.8) is 0 Å². The third-order valence-corrected chi connectivity index (χ3v) is 4.65. The zero-order chi connectivity index (χ0) is 18.5. The van der Waals surface area contributed by atoms with Crippen LogP contribution in [0.2, 0.25) is 0 Å². The van der Waals surface area contributed by atoms with Gasteiger partial charge in [0.25, 0.3) is 0 Å². The molecule has 1 aromatic carbocycles. The van der Waals surface area contributed by atoms with Gasteiger partial charge in [-0.05, 0) is 42.2 Å². The largest absolute Gasteiger partial charge is 0.504 e. The number of hydrogen-bond donors (Lipinski definition) is 3. The standard InChI is InChI=1S/C21H25N3O2/c1-4-6-7-14-10-19(15-8-9-20(25)21(11-15)26-3)22-12-16(14)17-13-23-24-18(17)5-2/h5,8-13,19,22,25H,2,4,6-7H2,1,3H3,(H,23,24). The summed E-state index contributed by atoms with van der Waals surface area (Å²) in [5.74, 6) is 0.624. The molecule has 136 valence electrons. The second-order valence-corrected chi connectivity index (χ2v) is 6.33. The number of nitrogens with zero attached hydrogens (tertiary/aromatic N) is 1. The van der Waals surface area contributed by atoms with Gasteiger partial charge in [-0.3, -0.25) is 5.10 Å². The Labute approximate surface area is 154 Å². The van der Waals surface area contributed by atoms with Crippen LogP contribution >= 0.6 is 0 Å². The van der Waals surface area contributed by atoms with Crippen molar-refractivity contribution in [1.29, 1.82) is 0 Å². The molecule has 1 unspecified atom stereocenters. The molecule has 1 aromatic heterocycles. The highest BCUT2D eigenvalue weighted by atomic mass is 16.5. The van der Waals surface area contributed by atoms with Gasteiger partial charge in [-0.15, -0.1) is 0 Å². The molecule has 3 N–H and O–H groups in total. The van der Waals surface area contributed by atoms with Gasteiger partial charge >= 0.3 is 0 Å². The number of phenolic OH excluding ortho intramolecular Hbond substituents is 1. The number of hydrogen-bond acceptors (Lipinski definition) is 4. The van der Waals surface area contributed by atoms with Crippen molar-refractivity contribution in [3.8, 4) is 11.5 Å². The number of phenols is 1. The van der Waals surface area contributed by atoms with E-state index < -0.39 is 0 Å². The first kappa shape index (κ1) is 17.9. The van der Waals surface area contributed by atoms with Crippen molar-refractivity contribution in [2.24, 2.45) is 0 Å². The highest BCUT2D eigenvalue weighted by molar-refractivity contribution is 5.83. The quantitative estimate of drug-likeness (QED) is 0.683. The first-order valence-electron chi connectivity index (χ1n) is 8.88. The fraction of sp³-hybridized carbons (Fsp3) is 0.286. The third-order valence-electron chi connectivity index (χ3n) is 4.65. The molecule has 5 heteroatoms. The maximum Gasteiger partial charge on any atom is 0.160 e. The van der Waals surface area contributed by atoms with Crippen LogP contribution in [-0.2, 0) is 0 Å². The number of dihydropyridines is 1. The number of methoxy groups -OCH3 is 1. The molecule has 0 radical (unpaired) electrons. The van der Waals surface area contributed by atoms with E-state index in [4.69, 9.17) is 4.74 Å². The summed E-state index contributed by atoms with van der Waals surface area (Å²) in [5.41, 5.74) is 5.44. The van der Waals surface area contributed by atoms with Crippen LogP contribution in [0.4, 0.5) is 0 Å². The van der Waals surface area contributed by atoms with E-state index in [2.05, 4.69) is 35.1 Å². The number of rotatable bonds is 7. The molecule has 2 aromatic rings. The second kappa shape index (κ2) is 7.95. The number of H-pyrrole nitrogens is 1. The van der Waals surface area contributed by atoms with Gasteiger partial charge in [0, 0.05) is 17.3 Å². The number of aromatic nitrogens is 2. The van der Waals surface area contributed by atoms with Crippen molar-refractivity contribution < 1.29 is 9.84 Å². The van der Waals surface area contributed by atoms with E-state index in [1.54, 1.807) is 19.3 Å². The third kappa shape index (κ3) is 3.52. The van der Waals surface area contributed by atoms with Crippen LogP contribution in [-0.4, -0.2) is 22.4 Å².